The third-order valence-corrected chi connectivity index (χ3v) is 6.86. The molecule has 4 aromatic carbocycles. The summed E-state index contributed by atoms with van der Waals surface area (Å²) in [5, 5.41) is 6.65. The smallest absolute Gasteiger partial charge is 0.217 e. The van der Waals surface area contributed by atoms with Gasteiger partial charge in [0.2, 0.25) is 5.69 Å². The molecule has 1 aliphatic rings. The molecule has 7 rings (SSSR count). The Bertz CT molecular complexity index is 1990. The van der Waals surface area contributed by atoms with Crippen LogP contribution in [-0.2, 0) is 12.9 Å². The van der Waals surface area contributed by atoms with Gasteiger partial charge in [0.1, 0.15) is 11.2 Å². The molecular weight excluding hydrogens is 414 g/mol. The standard InChI is InChI=1S/C32H28NO/c1-19-17-33-18-22-11-12-25-27-13-21-10-9-20-7-5-6-8-24(20)26(21)15-29(27)34-31(25)30(22)28(33)14-23(19)16-32(2,3)4/h5-15,17H,16,18H2,1-4H3/q+1/i1D3,16D2. The summed E-state index contributed by atoms with van der Waals surface area (Å²) < 4.78 is 51.0. The number of rotatable bonds is 1. The lowest BCUT2D eigenvalue weighted by Crippen LogP contribution is -2.33. The summed E-state index contributed by atoms with van der Waals surface area (Å²) in [6, 6.07) is 22.8. The van der Waals surface area contributed by atoms with Gasteiger partial charge in [0.25, 0.3) is 0 Å². The first-order chi connectivity index (χ1) is 18.3. The van der Waals surface area contributed by atoms with Crippen LogP contribution in [0.1, 0.15) is 44.3 Å². The molecule has 3 heterocycles. The molecule has 0 saturated carbocycles. The van der Waals surface area contributed by atoms with E-state index in [1.165, 1.54) is 10.8 Å². The molecular formula is C32H28NO+. The van der Waals surface area contributed by atoms with Crippen LogP contribution in [0.4, 0.5) is 0 Å². The minimum absolute atomic E-state index is 0.0537. The zero-order valence-electron chi connectivity index (χ0n) is 24.5. The summed E-state index contributed by atoms with van der Waals surface area (Å²) in [6.45, 7) is 3.47. The van der Waals surface area contributed by atoms with E-state index >= 15 is 0 Å². The predicted molar refractivity (Wildman–Crippen MR) is 141 cm³/mol. The van der Waals surface area contributed by atoms with Crippen molar-refractivity contribution in [1.82, 2.24) is 0 Å². The quantitative estimate of drug-likeness (QED) is 0.183. The largest absolute Gasteiger partial charge is 0.455 e. The van der Waals surface area contributed by atoms with Crippen LogP contribution in [0, 0.1) is 12.3 Å². The van der Waals surface area contributed by atoms with Crippen molar-refractivity contribution in [3.05, 3.63) is 89.6 Å². The Morgan fingerprint density at radius 2 is 1.76 bits per heavy atom. The van der Waals surface area contributed by atoms with Crippen LogP contribution in [0.2, 0.25) is 0 Å². The number of fused-ring (bicyclic) bond motifs is 10. The topological polar surface area (TPSA) is 17.0 Å². The molecule has 0 spiro atoms. The average Bonchev–Trinajstić information content (AvgIpc) is 3.42. The van der Waals surface area contributed by atoms with Gasteiger partial charge < -0.3 is 4.42 Å². The van der Waals surface area contributed by atoms with Crippen LogP contribution in [0.25, 0.3) is 54.7 Å². The van der Waals surface area contributed by atoms with Crippen molar-refractivity contribution >= 4 is 43.5 Å². The molecule has 0 bridgehead atoms. The minimum atomic E-state index is -2.44. The number of aromatic nitrogens is 1. The maximum Gasteiger partial charge on any atom is 0.217 e. The van der Waals surface area contributed by atoms with Crippen LogP contribution >= 0.6 is 0 Å². The zero-order chi connectivity index (χ0) is 27.5. The molecule has 0 atom stereocenters. The molecule has 0 radical (unpaired) electrons. The molecule has 6 aromatic rings. The van der Waals surface area contributed by atoms with E-state index in [4.69, 9.17) is 11.3 Å². The molecule has 0 N–H and O–H groups in total. The number of hydrogen-bond acceptors (Lipinski definition) is 1. The van der Waals surface area contributed by atoms with Gasteiger partial charge in [-0.15, -0.1) is 0 Å². The van der Waals surface area contributed by atoms with E-state index in [-0.39, 0.29) is 11.1 Å². The number of nitrogens with zero attached hydrogens (tertiary/aromatic N) is 1. The maximum absolute atomic E-state index is 8.97. The average molecular weight is 448 g/mol. The Labute approximate surface area is 206 Å². The first-order valence-electron chi connectivity index (χ1n) is 14.2. The van der Waals surface area contributed by atoms with Crippen molar-refractivity contribution in [3.63, 3.8) is 0 Å². The molecule has 166 valence electrons. The Balaban J connectivity index is 1.52. The van der Waals surface area contributed by atoms with Crippen LogP contribution in [0.15, 0.2) is 77.3 Å². The zero-order valence-corrected chi connectivity index (χ0v) is 19.5. The van der Waals surface area contributed by atoms with Gasteiger partial charge in [0.05, 0.1) is 5.56 Å². The lowest BCUT2D eigenvalue weighted by atomic mass is 9.86. The highest BCUT2D eigenvalue weighted by Crippen LogP contribution is 2.42. The molecule has 0 saturated heterocycles. The van der Waals surface area contributed by atoms with Gasteiger partial charge >= 0.3 is 0 Å². The second kappa shape index (κ2) is 6.70. The maximum atomic E-state index is 8.97. The fourth-order valence-corrected chi connectivity index (χ4v) is 5.42. The van der Waals surface area contributed by atoms with E-state index in [0.29, 0.717) is 6.54 Å². The second-order valence-corrected chi connectivity index (χ2v) is 10.4. The number of benzene rings is 4. The summed E-state index contributed by atoms with van der Waals surface area (Å²) in [5.74, 6) is 0. The number of pyridine rings is 1. The molecule has 34 heavy (non-hydrogen) atoms. The van der Waals surface area contributed by atoms with Crippen LogP contribution in [0.3, 0.4) is 0 Å². The number of hydrogen-bond donors (Lipinski definition) is 0. The summed E-state index contributed by atoms with van der Waals surface area (Å²) in [7, 11) is 0. The van der Waals surface area contributed by atoms with Crippen molar-refractivity contribution in [2.45, 2.75) is 40.5 Å². The van der Waals surface area contributed by atoms with Crippen molar-refractivity contribution in [3.8, 4) is 11.3 Å². The van der Waals surface area contributed by atoms with E-state index in [9.17, 15) is 0 Å². The fourth-order valence-electron chi connectivity index (χ4n) is 5.42. The highest BCUT2D eigenvalue weighted by atomic mass is 16.3. The molecule has 1 aliphatic heterocycles. The van der Waals surface area contributed by atoms with E-state index < -0.39 is 18.6 Å². The van der Waals surface area contributed by atoms with Crippen LogP contribution < -0.4 is 4.57 Å². The normalized spacial score (nSPS) is 16.3. The SMILES string of the molecule is [2H]C([2H])([2H])c1c[n+]2c(cc1C([2H])([2H])C(C)(C)C)-c1c(ccc3c1oc1cc4c(ccc5ccccc54)cc13)C2. The summed E-state index contributed by atoms with van der Waals surface area (Å²) in [4.78, 5) is 0. The van der Waals surface area contributed by atoms with E-state index in [1.807, 2.05) is 16.7 Å². The van der Waals surface area contributed by atoms with E-state index in [0.717, 1.165) is 49.5 Å². The minimum Gasteiger partial charge on any atom is -0.455 e. The molecule has 0 amide bonds. The fraction of sp³-hybridized carbons (Fsp3) is 0.219. The number of furan rings is 1. The van der Waals surface area contributed by atoms with Crippen molar-refractivity contribution in [2.24, 2.45) is 5.41 Å². The van der Waals surface area contributed by atoms with Gasteiger partial charge in [0.15, 0.2) is 12.7 Å². The summed E-state index contributed by atoms with van der Waals surface area (Å²) >= 11 is 0. The summed E-state index contributed by atoms with van der Waals surface area (Å²) in [5.41, 5.74) is 3.71. The predicted octanol–water partition coefficient (Wildman–Crippen LogP) is 8.11. The Hall–Kier alpha value is -3.65. The molecule has 0 fully saturated rings. The Morgan fingerprint density at radius 3 is 2.62 bits per heavy atom. The van der Waals surface area contributed by atoms with Gasteiger partial charge in [-0.05, 0) is 63.9 Å². The van der Waals surface area contributed by atoms with E-state index in [1.54, 1.807) is 33.0 Å². The highest BCUT2D eigenvalue weighted by Gasteiger charge is 2.32. The first kappa shape index (κ1) is 15.3. The monoisotopic (exact) mass is 447 g/mol. The third kappa shape index (κ3) is 2.84. The lowest BCUT2D eigenvalue weighted by Gasteiger charge is -2.19. The first-order valence-corrected chi connectivity index (χ1v) is 11.7. The van der Waals surface area contributed by atoms with Gasteiger partial charge in [-0.3, -0.25) is 0 Å². The molecule has 0 unspecified atom stereocenters. The number of aryl methyl sites for hydroxylation is 1. The molecule has 2 nitrogen and oxygen atoms in total. The molecule has 0 aliphatic carbocycles. The van der Waals surface area contributed by atoms with Crippen molar-refractivity contribution in [1.29, 1.82) is 0 Å². The van der Waals surface area contributed by atoms with Gasteiger partial charge in [-0.25, -0.2) is 0 Å². The van der Waals surface area contributed by atoms with Gasteiger partial charge in [0, 0.05) is 34.8 Å². The van der Waals surface area contributed by atoms with Gasteiger partial charge in [-0.1, -0.05) is 63.2 Å². The van der Waals surface area contributed by atoms with Crippen molar-refractivity contribution < 1.29 is 15.8 Å². The summed E-state index contributed by atoms with van der Waals surface area (Å²) in [6.07, 6.45) is -0.244. The van der Waals surface area contributed by atoms with Gasteiger partial charge in [-0.2, -0.15) is 4.57 Å². The Morgan fingerprint density at radius 1 is 0.912 bits per heavy atom. The third-order valence-electron chi connectivity index (χ3n) is 6.86. The Kier molecular flexibility index (Phi) is 3.01. The van der Waals surface area contributed by atoms with Crippen LogP contribution in [-0.4, -0.2) is 0 Å². The van der Waals surface area contributed by atoms with E-state index in [2.05, 4.69) is 48.5 Å². The second-order valence-electron chi connectivity index (χ2n) is 10.4. The molecule has 2 aromatic heterocycles. The highest BCUT2D eigenvalue weighted by molar-refractivity contribution is 6.17. The van der Waals surface area contributed by atoms with Crippen LogP contribution in [0.5, 0.6) is 0 Å². The lowest BCUT2D eigenvalue weighted by molar-refractivity contribution is -0.672. The molecule has 2 heteroatoms. The van der Waals surface area contributed by atoms with Crippen molar-refractivity contribution in [2.75, 3.05) is 0 Å².